The third kappa shape index (κ3) is 3.24. The maximum atomic E-state index is 11.7. The van der Waals surface area contributed by atoms with Gasteiger partial charge in [-0.05, 0) is 17.7 Å². The molecular formula is C16H11N4O3-. The van der Waals surface area contributed by atoms with Crippen LogP contribution in [0.2, 0.25) is 0 Å². The fraction of sp³-hybridized carbons (Fsp3) is 0. The summed E-state index contributed by atoms with van der Waals surface area (Å²) >= 11 is 0. The molecule has 0 aliphatic carbocycles. The SMILES string of the molecule is O=[N+]([O-])c1ccc([O-])c(C=Nc2cccc(-c3cnc[nH]3)c2)c1. The second-order valence-corrected chi connectivity index (χ2v) is 4.75. The molecule has 3 aromatic rings. The summed E-state index contributed by atoms with van der Waals surface area (Å²) in [5.41, 5.74) is 2.41. The maximum absolute atomic E-state index is 11.7. The van der Waals surface area contributed by atoms with Crippen molar-refractivity contribution in [2.75, 3.05) is 0 Å². The van der Waals surface area contributed by atoms with Crippen LogP contribution in [0.3, 0.4) is 0 Å². The fourth-order valence-electron chi connectivity index (χ4n) is 2.06. The van der Waals surface area contributed by atoms with Gasteiger partial charge in [-0.2, -0.15) is 0 Å². The third-order valence-electron chi connectivity index (χ3n) is 3.21. The number of non-ortho nitro benzene ring substituents is 1. The van der Waals surface area contributed by atoms with Crippen molar-refractivity contribution in [2.45, 2.75) is 0 Å². The molecular weight excluding hydrogens is 296 g/mol. The van der Waals surface area contributed by atoms with E-state index in [2.05, 4.69) is 15.0 Å². The Kier molecular flexibility index (Phi) is 3.84. The molecule has 0 radical (unpaired) electrons. The van der Waals surface area contributed by atoms with E-state index in [0.717, 1.165) is 11.3 Å². The van der Waals surface area contributed by atoms with E-state index in [1.807, 2.05) is 18.2 Å². The summed E-state index contributed by atoms with van der Waals surface area (Å²) in [5.74, 6) is -0.316. The van der Waals surface area contributed by atoms with Crippen molar-refractivity contribution in [2.24, 2.45) is 4.99 Å². The molecule has 1 aromatic heterocycles. The minimum absolute atomic E-state index is 0.141. The lowest BCUT2D eigenvalue weighted by Gasteiger charge is -2.08. The largest absolute Gasteiger partial charge is 0.872 e. The molecule has 0 unspecified atom stereocenters. The molecule has 114 valence electrons. The van der Waals surface area contributed by atoms with Crippen LogP contribution in [0.25, 0.3) is 11.3 Å². The monoisotopic (exact) mass is 307 g/mol. The predicted molar refractivity (Wildman–Crippen MR) is 83.8 cm³/mol. The highest BCUT2D eigenvalue weighted by Gasteiger charge is 2.05. The number of aliphatic imine (C=N–C) groups is 1. The lowest BCUT2D eigenvalue weighted by molar-refractivity contribution is -0.385. The first-order valence-corrected chi connectivity index (χ1v) is 6.72. The zero-order valence-corrected chi connectivity index (χ0v) is 11.8. The van der Waals surface area contributed by atoms with Crippen LogP contribution in [-0.2, 0) is 0 Å². The van der Waals surface area contributed by atoms with Crippen molar-refractivity contribution in [3.8, 4) is 17.0 Å². The number of nitrogens with zero attached hydrogens (tertiary/aromatic N) is 3. The van der Waals surface area contributed by atoms with Crippen molar-refractivity contribution in [3.63, 3.8) is 0 Å². The number of nitro benzene ring substituents is 1. The van der Waals surface area contributed by atoms with Gasteiger partial charge >= 0.3 is 0 Å². The predicted octanol–water partition coefficient (Wildman–Crippen LogP) is 2.81. The normalized spacial score (nSPS) is 11.0. The first-order chi connectivity index (χ1) is 11.1. The number of nitrogens with one attached hydrogen (secondary N) is 1. The van der Waals surface area contributed by atoms with Gasteiger partial charge in [-0.25, -0.2) is 4.98 Å². The number of aromatic amines is 1. The van der Waals surface area contributed by atoms with Crippen molar-refractivity contribution >= 4 is 17.6 Å². The smallest absolute Gasteiger partial charge is 0.270 e. The van der Waals surface area contributed by atoms with Gasteiger partial charge in [0.25, 0.3) is 5.69 Å². The average Bonchev–Trinajstić information content (AvgIpc) is 3.08. The minimum Gasteiger partial charge on any atom is -0.872 e. The highest BCUT2D eigenvalue weighted by Crippen LogP contribution is 2.23. The fourth-order valence-corrected chi connectivity index (χ4v) is 2.06. The van der Waals surface area contributed by atoms with Crippen molar-refractivity contribution in [1.82, 2.24) is 9.97 Å². The Morgan fingerprint density at radius 1 is 1.22 bits per heavy atom. The van der Waals surface area contributed by atoms with Crippen LogP contribution < -0.4 is 5.11 Å². The lowest BCUT2D eigenvalue weighted by atomic mass is 10.1. The summed E-state index contributed by atoms with van der Waals surface area (Å²) < 4.78 is 0. The number of hydrogen-bond donors (Lipinski definition) is 1. The maximum Gasteiger partial charge on any atom is 0.270 e. The van der Waals surface area contributed by atoms with Gasteiger partial charge in [0.05, 0.1) is 28.8 Å². The van der Waals surface area contributed by atoms with Gasteiger partial charge in [0.1, 0.15) is 0 Å². The van der Waals surface area contributed by atoms with E-state index in [0.29, 0.717) is 5.69 Å². The van der Waals surface area contributed by atoms with Gasteiger partial charge in [-0.3, -0.25) is 15.1 Å². The van der Waals surface area contributed by atoms with Gasteiger partial charge in [-0.15, -0.1) is 0 Å². The molecule has 0 saturated heterocycles. The molecule has 0 aliphatic heterocycles. The summed E-state index contributed by atoms with van der Waals surface area (Å²) in [7, 11) is 0. The topological polar surface area (TPSA) is 107 Å². The molecule has 3 rings (SSSR count). The third-order valence-corrected chi connectivity index (χ3v) is 3.21. The molecule has 0 amide bonds. The van der Waals surface area contributed by atoms with Crippen LogP contribution >= 0.6 is 0 Å². The van der Waals surface area contributed by atoms with Crippen LogP contribution in [0.15, 0.2) is 60.0 Å². The number of hydrogen-bond acceptors (Lipinski definition) is 5. The average molecular weight is 307 g/mol. The highest BCUT2D eigenvalue weighted by molar-refractivity contribution is 5.86. The summed E-state index contributed by atoms with van der Waals surface area (Å²) in [6.07, 6.45) is 4.61. The number of nitro groups is 1. The second kappa shape index (κ2) is 6.10. The zero-order chi connectivity index (χ0) is 16.2. The summed E-state index contributed by atoms with van der Waals surface area (Å²) in [6, 6.07) is 10.9. The zero-order valence-electron chi connectivity index (χ0n) is 11.8. The summed E-state index contributed by atoms with van der Waals surface area (Å²) in [6.45, 7) is 0. The molecule has 0 atom stereocenters. The van der Waals surface area contributed by atoms with Gasteiger partial charge in [0.2, 0.25) is 0 Å². The first-order valence-electron chi connectivity index (χ1n) is 6.72. The quantitative estimate of drug-likeness (QED) is 0.454. The van der Waals surface area contributed by atoms with Crippen LogP contribution in [0, 0.1) is 10.1 Å². The number of imidazole rings is 1. The standard InChI is InChI=1S/C16H12N4O3/c21-16-5-4-14(20(22)23)7-12(16)8-18-13-3-1-2-11(6-13)15-9-17-10-19-15/h1-10,21H,(H,17,19)/p-1. The molecule has 23 heavy (non-hydrogen) atoms. The van der Waals surface area contributed by atoms with E-state index in [1.165, 1.54) is 24.4 Å². The molecule has 0 bridgehead atoms. The Morgan fingerprint density at radius 2 is 2.09 bits per heavy atom. The van der Waals surface area contributed by atoms with Gasteiger partial charge < -0.3 is 10.1 Å². The number of H-pyrrole nitrogens is 1. The first kappa shape index (κ1) is 14.5. The van der Waals surface area contributed by atoms with Crippen molar-refractivity contribution in [3.05, 3.63) is 70.7 Å². The molecule has 0 saturated carbocycles. The molecule has 2 aromatic carbocycles. The summed E-state index contributed by atoms with van der Waals surface area (Å²) in [4.78, 5) is 21.4. The highest BCUT2D eigenvalue weighted by atomic mass is 16.6. The Morgan fingerprint density at radius 3 is 2.83 bits per heavy atom. The van der Waals surface area contributed by atoms with E-state index in [-0.39, 0.29) is 17.0 Å². The number of benzene rings is 2. The molecule has 1 N–H and O–H groups in total. The Bertz CT molecular complexity index is 873. The van der Waals surface area contributed by atoms with Crippen molar-refractivity contribution in [1.29, 1.82) is 0 Å². The molecule has 0 spiro atoms. The Hall–Kier alpha value is -3.48. The Balaban J connectivity index is 1.90. The second-order valence-electron chi connectivity index (χ2n) is 4.75. The van der Waals surface area contributed by atoms with Gasteiger partial charge in [0, 0.05) is 23.9 Å². The lowest BCUT2D eigenvalue weighted by Crippen LogP contribution is -1.98. The van der Waals surface area contributed by atoms with Crippen LogP contribution in [-0.4, -0.2) is 21.1 Å². The Labute approximate surface area is 131 Å². The molecule has 0 aliphatic rings. The molecule has 1 heterocycles. The van der Waals surface area contributed by atoms with E-state index in [9.17, 15) is 15.2 Å². The van der Waals surface area contributed by atoms with E-state index < -0.39 is 4.92 Å². The molecule has 0 fully saturated rings. The van der Waals surface area contributed by atoms with Crippen molar-refractivity contribution < 1.29 is 10.0 Å². The number of aromatic nitrogens is 2. The van der Waals surface area contributed by atoms with Gasteiger partial charge in [0.15, 0.2) is 0 Å². The van der Waals surface area contributed by atoms with Gasteiger partial charge in [-0.1, -0.05) is 23.9 Å². The number of rotatable bonds is 4. The molecule has 7 heteroatoms. The van der Waals surface area contributed by atoms with Crippen LogP contribution in [0.4, 0.5) is 11.4 Å². The van der Waals surface area contributed by atoms with E-state index in [4.69, 9.17) is 0 Å². The van der Waals surface area contributed by atoms with E-state index >= 15 is 0 Å². The van der Waals surface area contributed by atoms with Crippen LogP contribution in [0.1, 0.15) is 5.56 Å². The van der Waals surface area contributed by atoms with E-state index in [1.54, 1.807) is 18.6 Å². The minimum atomic E-state index is -0.546. The molecule has 7 nitrogen and oxygen atoms in total. The summed E-state index contributed by atoms with van der Waals surface area (Å²) in [5, 5.41) is 22.5. The van der Waals surface area contributed by atoms with Crippen LogP contribution in [0.5, 0.6) is 5.75 Å².